The van der Waals surface area contributed by atoms with Crippen molar-refractivity contribution in [2.24, 2.45) is 10.4 Å². The van der Waals surface area contributed by atoms with Crippen LogP contribution in [0.5, 0.6) is 0 Å². The molecule has 2 heteroatoms. The zero-order valence-corrected chi connectivity index (χ0v) is 14.9. The van der Waals surface area contributed by atoms with Gasteiger partial charge in [-0.15, -0.1) is 6.54 Å². The summed E-state index contributed by atoms with van der Waals surface area (Å²) in [6.07, 6.45) is 1.01. The molecular weight excluding hydrogens is 271 g/mol. The molecule has 0 aromatic carbocycles. The molecule has 0 N–H and O–H groups in total. The molecular formula is C14H33NY-2. The molecule has 1 radical (unpaired) electrons. The van der Waals surface area contributed by atoms with Gasteiger partial charge in [-0.3, -0.25) is 0 Å². The van der Waals surface area contributed by atoms with Crippen molar-refractivity contribution in [3.63, 3.8) is 0 Å². The van der Waals surface area contributed by atoms with Crippen LogP contribution >= 0.6 is 0 Å². The second kappa shape index (κ2) is 21.0. The van der Waals surface area contributed by atoms with Crippen molar-refractivity contribution in [1.82, 2.24) is 0 Å². The number of hydrogen-bond donors (Lipinski definition) is 0. The number of rotatable bonds is 2. The Labute approximate surface area is 131 Å². The quantitative estimate of drug-likeness (QED) is 0.467. The van der Waals surface area contributed by atoms with Gasteiger partial charge in [0.05, 0.1) is 0 Å². The number of aliphatic imine (C=N–C) groups is 1. The first kappa shape index (κ1) is 30.0. The van der Waals surface area contributed by atoms with E-state index in [1.807, 2.05) is 20.4 Å². The molecule has 0 rings (SSSR count). The number of hydrogen-bond acceptors (Lipinski definition) is 1. The van der Waals surface area contributed by atoms with Crippen LogP contribution in [0.15, 0.2) is 4.99 Å². The maximum Gasteiger partial charge on any atom is 0 e. The van der Waals surface area contributed by atoms with E-state index >= 15 is 0 Å². The molecule has 0 aromatic heterocycles. The Bertz CT molecular complexity index is 101. The van der Waals surface area contributed by atoms with Gasteiger partial charge in [0.25, 0.3) is 0 Å². The predicted molar refractivity (Wildman–Crippen MR) is 76.3 cm³/mol. The van der Waals surface area contributed by atoms with Crippen LogP contribution in [0.4, 0.5) is 0 Å². The Balaban J connectivity index is -0.0000000439. The maximum atomic E-state index is 3.65. The third kappa shape index (κ3) is 85.6. The van der Waals surface area contributed by atoms with Gasteiger partial charge < -0.3 is 10.9 Å². The summed E-state index contributed by atoms with van der Waals surface area (Å²) in [7, 11) is 0. The van der Waals surface area contributed by atoms with E-state index in [1.165, 1.54) is 5.92 Å². The topological polar surface area (TPSA) is 12.4 Å². The summed E-state index contributed by atoms with van der Waals surface area (Å²) in [6, 6.07) is 0. The minimum atomic E-state index is 0. The van der Waals surface area contributed by atoms with Crippen molar-refractivity contribution in [2.75, 3.05) is 0 Å². The van der Waals surface area contributed by atoms with E-state index in [-0.39, 0.29) is 40.1 Å². The Morgan fingerprint density at radius 3 is 1.44 bits per heavy atom. The minimum absolute atomic E-state index is 0. The van der Waals surface area contributed by atoms with E-state index in [9.17, 15) is 0 Å². The Morgan fingerprint density at radius 1 is 1.12 bits per heavy atom. The SMILES string of the molecule is C.C=N[CH-]CC(C)(C)C.CC.C[C-](C)C.[Y]. The van der Waals surface area contributed by atoms with Crippen molar-refractivity contribution < 1.29 is 32.7 Å². The van der Waals surface area contributed by atoms with Crippen molar-refractivity contribution in [3.05, 3.63) is 12.5 Å². The maximum absolute atomic E-state index is 3.65. The first-order valence-electron chi connectivity index (χ1n) is 5.34. The first-order valence-corrected chi connectivity index (χ1v) is 5.34. The molecule has 0 saturated heterocycles. The molecule has 1 nitrogen and oxygen atoms in total. The average molecular weight is 304 g/mol. The summed E-state index contributed by atoms with van der Waals surface area (Å²) in [5, 5.41) is 0. The molecule has 0 heterocycles. The van der Waals surface area contributed by atoms with Gasteiger partial charge in [-0.2, -0.15) is 27.5 Å². The summed E-state index contributed by atoms with van der Waals surface area (Å²) in [6.45, 7) is 22.0. The fraction of sp³-hybridized carbons (Fsp3) is 0.786. The molecule has 0 bridgehead atoms. The molecule has 0 saturated carbocycles. The zero-order chi connectivity index (χ0) is 12.2. The van der Waals surface area contributed by atoms with Crippen molar-refractivity contribution >= 4 is 6.72 Å². The Hall–Kier alpha value is 0.644. The molecule has 0 atom stereocenters. The Kier molecular flexibility index (Phi) is 39.4. The third-order valence-electron chi connectivity index (χ3n) is 0.833. The fourth-order valence-corrected chi connectivity index (χ4v) is 0.338. The van der Waals surface area contributed by atoms with E-state index in [2.05, 4.69) is 53.3 Å². The molecule has 0 aliphatic carbocycles. The van der Waals surface area contributed by atoms with Gasteiger partial charge in [0, 0.05) is 32.7 Å². The fourth-order valence-electron chi connectivity index (χ4n) is 0.338. The zero-order valence-electron chi connectivity index (χ0n) is 12.0. The van der Waals surface area contributed by atoms with Gasteiger partial charge in [-0.05, 0) is 5.41 Å². The summed E-state index contributed by atoms with van der Waals surface area (Å²) in [5.41, 5.74) is 0.362. The van der Waals surface area contributed by atoms with Crippen LogP contribution < -0.4 is 0 Å². The second-order valence-corrected chi connectivity index (χ2v) is 4.63. The Morgan fingerprint density at radius 2 is 1.38 bits per heavy atom. The molecule has 16 heavy (non-hydrogen) atoms. The van der Waals surface area contributed by atoms with Crippen LogP contribution in [0, 0.1) is 17.9 Å². The van der Waals surface area contributed by atoms with Gasteiger partial charge in [0.1, 0.15) is 0 Å². The van der Waals surface area contributed by atoms with Gasteiger partial charge in [0.2, 0.25) is 0 Å². The number of nitrogens with zero attached hydrogens (tertiary/aromatic N) is 1. The van der Waals surface area contributed by atoms with Crippen molar-refractivity contribution in [1.29, 1.82) is 0 Å². The van der Waals surface area contributed by atoms with Gasteiger partial charge in [0.15, 0.2) is 0 Å². The van der Waals surface area contributed by atoms with Gasteiger partial charge in [-0.25, -0.2) is 0 Å². The van der Waals surface area contributed by atoms with E-state index in [1.54, 1.807) is 0 Å². The van der Waals surface area contributed by atoms with Crippen LogP contribution in [0.25, 0.3) is 0 Å². The van der Waals surface area contributed by atoms with E-state index in [0.717, 1.165) is 6.42 Å². The molecule has 0 spiro atoms. The van der Waals surface area contributed by atoms with E-state index in [4.69, 9.17) is 0 Å². The largest absolute Gasteiger partial charge is 0.461 e. The average Bonchev–Trinajstić information content (AvgIpc) is 2.02. The molecule has 0 aliphatic rings. The van der Waals surface area contributed by atoms with Crippen LogP contribution in [-0.4, -0.2) is 6.72 Å². The van der Waals surface area contributed by atoms with Crippen LogP contribution in [0.2, 0.25) is 0 Å². The molecule has 0 amide bonds. The van der Waals surface area contributed by atoms with E-state index < -0.39 is 0 Å². The molecule has 0 aliphatic heterocycles. The summed E-state index contributed by atoms with van der Waals surface area (Å²) in [5.74, 6) is 1.42. The molecule has 0 aromatic rings. The van der Waals surface area contributed by atoms with Gasteiger partial charge >= 0.3 is 0 Å². The summed E-state index contributed by atoms with van der Waals surface area (Å²) >= 11 is 0. The van der Waals surface area contributed by atoms with Crippen molar-refractivity contribution in [3.8, 4) is 0 Å². The first-order chi connectivity index (χ1) is 6.29. The monoisotopic (exact) mass is 304 g/mol. The minimum Gasteiger partial charge on any atom is -0.461 e. The normalized spacial score (nSPS) is 8.06. The summed E-state index contributed by atoms with van der Waals surface area (Å²) in [4.78, 5) is 3.65. The standard InChI is InChI=1S/C7H14N.C4H9.C2H6.CH4.Y/c1-7(2,3)5-6-8-4;1-4(2)3;1-2;;/h6H,4-5H2,1-3H3;1-3H3;1-2H3;1H4;/q2*-1;;;. The van der Waals surface area contributed by atoms with E-state index in [0.29, 0.717) is 5.41 Å². The van der Waals surface area contributed by atoms with Gasteiger partial charge in [-0.1, -0.05) is 48.5 Å². The van der Waals surface area contributed by atoms with Crippen molar-refractivity contribution in [2.45, 2.75) is 69.2 Å². The van der Waals surface area contributed by atoms with Crippen LogP contribution in [0.1, 0.15) is 69.2 Å². The molecule has 0 unspecified atom stereocenters. The van der Waals surface area contributed by atoms with Crippen LogP contribution in [0.3, 0.4) is 0 Å². The smallest absolute Gasteiger partial charge is 0 e. The third-order valence-corrected chi connectivity index (χ3v) is 0.833. The van der Waals surface area contributed by atoms with Crippen LogP contribution in [-0.2, 0) is 32.7 Å². The second-order valence-electron chi connectivity index (χ2n) is 4.63. The molecule has 99 valence electrons. The predicted octanol–water partition coefficient (Wildman–Crippen LogP) is 5.57. The summed E-state index contributed by atoms with van der Waals surface area (Å²) < 4.78 is 0. The molecule has 0 fully saturated rings.